The minimum absolute atomic E-state index is 0.0289. The molecule has 0 radical (unpaired) electrons. The third-order valence-corrected chi connectivity index (χ3v) is 2.72. The second-order valence-corrected chi connectivity index (χ2v) is 5.03. The summed E-state index contributed by atoms with van der Waals surface area (Å²) in [5.74, 6) is 0.442. The average Bonchev–Trinajstić information content (AvgIpc) is 2.86. The van der Waals surface area contributed by atoms with Gasteiger partial charge in [-0.1, -0.05) is 13.8 Å². The van der Waals surface area contributed by atoms with E-state index in [2.05, 4.69) is 29.6 Å². The van der Waals surface area contributed by atoms with E-state index in [1.54, 1.807) is 6.20 Å². The van der Waals surface area contributed by atoms with Gasteiger partial charge in [0, 0.05) is 25.5 Å². The molecule has 0 aliphatic heterocycles. The van der Waals surface area contributed by atoms with E-state index in [0.717, 1.165) is 19.4 Å². The first kappa shape index (κ1) is 15.5. The van der Waals surface area contributed by atoms with Gasteiger partial charge >= 0.3 is 6.03 Å². The standard InChI is InChI=1S/C13H24N4O2/c1-11(2)9-12(10-18)16-13(19)14-5-3-7-17-8-4-6-15-17/h4,6,8,11-12,18H,3,5,7,9-10H2,1-2H3,(H2,14,16,19). The Labute approximate surface area is 114 Å². The van der Waals surface area contributed by atoms with Crippen molar-refractivity contribution in [2.75, 3.05) is 13.2 Å². The highest BCUT2D eigenvalue weighted by Gasteiger charge is 2.12. The van der Waals surface area contributed by atoms with Crippen molar-refractivity contribution in [3.05, 3.63) is 18.5 Å². The SMILES string of the molecule is CC(C)CC(CO)NC(=O)NCCCn1cccn1. The summed E-state index contributed by atoms with van der Waals surface area (Å²) in [5, 5.41) is 18.8. The Kier molecular flexibility index (Phi) is 6.95. The normalized spacial score (nSPS) is 12.4. The third-order valence-electron chi connectivity index (χ3n) is 2.72. The molecule has 0 saturated heterocycles. The van der Waals surface area contributed by atoms with Crippen LogP contribution < -0.4 is 10.6 Å². The van der Waals surface area contributed by atoms with E-state index in [4.69, 9.17) is 5.11 Å². The fraction of sp³-hybridized carbons (Fsp3) is 0.692. The summed E-state index contributed by atoms with van der Waals surface area (Å²) in [5.41, 5.74) is 0. The molecule has 0 fully saturated rings. The van der Waals surface area contributed by atoms with Crippen LogP contribution in [0.1, 0.15) is 26.7 Å². The number of aliphatic hydroxyl groups is 1. The molecule has 108 valence electrons. The molecule has 2 amide bonds. The molecule has 19 heavy (non-hydrogen) atoms. The molecule has 1 heterocycles. The fourth-order valence-corrected chi connectivity index (χ4v) is 1.86. The predicted molar refractivity (Wildman–Crippen MR) is 73.7 cm³/mol. The van der Waals surface area contributed by atoms with Gasteiger partial charge in [-0.25, -0.2) is 4.79 Å². The smallest absolute Gasteiger partial charge is 0.315 e. The van der Waals surface area contributed by atoms with Crippen molar-refractivity contribution in [3.8, 4) is 0 Å². The van der Waals surface area contributed by atoms with Gasteiger partial charge in [-0.2, -0.15) is 5.10 Å². The van der Waals surface area contributed by atoms with E-state index >= 15 is 0 Å². The molecule has 1 atom stereocenters. The Balaban J connectivity index is 2.12. The molecule has 1 aromatic rings. The molecular weight excluding hydrogens is 244 g/mol. The van der Waals surface area contributed by atoms with E-state index < -0.39 is 0 Å². The number of aryl methyl sites for hydroxylation is 1. The average molecular weight is 268 g/mol. The first-order valence-corrected chi connectivity index (χ1v) is 6.74. The van der Waals surface area contributed by atoms with E-state index in [9.17, 15) is 4.79 Å². The molecule has 1 unspecified atom stereocenters. The molecular formula is C13H24N4O2. The zero-order valence-electron chi connectivity index (χ0n) is 11.7. The van der Waals surface area contributed by atoms with Crippen LogP contribution >= 0.6 is 0 Å². The number of hydrogen-bond donors (Lipinski definition) is 3. The lowest BCUT2D eigenvalue weighted by atomic mass is 10.0. The lowest BCUT2D eigenvalue weighted by molar-refractivity contribution is 0.207. The Morgan fingerprint density at radius 2 is 2.26 bits per heavy atom. The van der Waals surface area contributed by atoms with Crippen LogP contribution in [-0.4, -0.2) is 40.1 Å². The third kappa shape index (κ3) is 6.81. The van der Waals surface area contributed by atoms with Gasteiger partial charge in [-0.15, -0.1) is 0 Å². The van der Waals surface area contributed by atoms with Crippen molar-refractivity contribution < 1.29 is 9.90 Å². The summed E-state index contributed by atoms with van der Waals surface area (Å²) in [6.07, 6.45) is 5.22. The Bertz CT molecular complexity index is 352. The summed E-state index contributed by atoms with van der Waals surface area (Å²) in [7, 11) is 0. The summed E-state index contributed by atoms with van der Waals surface area (Å²) in [6, 6.07) is 1.48. The van der Waals surface area contributed by atoms with E-state index in [1.807, 2.05) is 16.9 Å². The van der Waals surface area contributed by atoms with Crippen LogP contribution in [0, 0.1) is 5.92 Å². The highest BCUT2D eigenvalue weighted by molar-refractivity contribution is 5.74. The fourth-order valence-electron chi connectivity index (χ4n) is 1.86. The van der Waals surface area contributed by atoms with Crippen LogP contribution in [0.5, 0.6) is 0 Å². The number of carbonyl (C=O) groups is 1. The molecule has 1 rings (SSSR count). The van der Waals surface area contributed by atoms with E-state index in [-0.39, 0.29) is 18.7 Å². The second-order valence-electron chi connectivity index (χ2n) is 5.03. The number of aromatic nitrogens is 2. The molecule has 0 saturated carbocycles. The molecule has 1 aromatic heterocycles. The van der Waals surface area contributed by atoms with Crippen LogP contribution in [-0.2, 0) is 6.54 Å². The van der Waals surface area contributed by atoms with Crippen LogP contribution in [0.3, 0.4) is 0 Å². The molecule has 0 aromatic carbocycles. The zero-order chi connectivity index (χ0) is 14.1. The maximum atomic E-state index is 11.6. The van der Waals surface area contributed by atoms with Gasteiger partial charge in [0.1, 0.15) is 0 Å². The quantitative estimate of drug-likeness (QED) is 0.615. The Hall–Kier alpha value is -1.56. The largest absolute Gasteiger partial charge is 0.394 e. The molecule has 0 bridgehead atoms. The number of amides is 2. The van der Waals surface area contributed by atoms with Gasteiger partial charge in [0.15, 0.2) is 0 Å². The lowest BCUT2D eigenvalue weighted by Crippen LogP contribution is -2.44. The first-order chi connectivity index (χ1) is 9.11. The summed E-state index contributed by atoms with van der Waals surface area (Å²) >= 11 is 0. The minimum atomic E-state index is -0.222. The lowest BCUT2D eigenvalue weighted by Gasteiger charge is -2.18. The van der Waals surface area contributed by atoms with E-state index in [1.165, 1.54) is 0 Å². The summed E-state index contributed by atoms with van der Waals surface area (Å²) < 4.78 is 1.83. The number of aliphatic hydroxyl groups excluding tert-OH is 1. The molecule has 6 heteroatoms. The van der Waals surface area contributed by atoms with Crippen LogP contribution in [0.4, 0.5) is 4.79 Å². The van der Waals surface area contributed by atoms with Crippen LogP contribution in [0.15, 0.2) is 18.5 Å². The van der Waals surface area contributed by atoms with Crippen LogP contribution in [0.25, 0.3) is 0 Å². The predicted octanol–water partition coefficient (Wildman–Crippen LogP) is 0.979. The molecule has 3 N–H and O–H groups in total. The van der Waals surface area contributed by atoms with Crippen molar-refractivity contribution >= 4 is 6.03 Å². The maximum Gasteiger partial charge on any atom is 0.315 e. The van der Waals surface area contributed by atoms with Gasteiger partial charge in [0.05, 0.1) is 12.6 Å². The number of nitrogens with zero attached hydrogens (tertiary/aromatic N) is 2. The second kappa shape index (κ2) is 8.53. The van der Waals surface area contributed by atoms with Gasteiger partial charge in [-0.05, 0) is 24.8 Å². The number of carbonyl (C=O) groups excluding carboxylic acids is 1. The summed E-state index contributed by atoms with van der Waals surface area (Å²) in [6.45, 7) is 5.46. The summed E-state index contributed by atoms with van der Waals surface area (Å²) in [4.78, 5) is 11.6. The molecule has 0 aliphatic rings. The monoisotopic (exact) mass is 268 g/mol. The van der Waals surface area contributed by atoms with Crippen molar-refractivity contribution in [1.29, 1.82) is 0 Å². The number of rotatable bonds is 8. The number of urea groups is 1. The van der Waals surface area contributed by atoms with E-state index in [0.29, 0.717) is 12.5 Å². The first-order valence-electron chi connectivity index (χ1n) is 6.74. The van der Waals surface area contributed by atoms with Gasteiger partial charge in [0.2, 0.25) is 0 Å². The van der Waals surface area contributed by atoms with Gasteiger partial charge < -0.3 is 15.7 Å². The van der Waals surface area contributed by atoms with Gasteiger partial charge in [0.25, 0.3) is 0 Å². The molecule has 6 nitrogen and oxygen atoms in total. The molecule has 0 spiro atoms. The topological polar surface area (TPSA) is 79.2 Å². The van der Waals surface area contributed by atoms with Crippen LogP contribution in [0.2, 0.25) is 0 Å². The highest BCUT2D eigenvalue weighted by Crippen LogP contribution is 2.03. The molecule has 0 aliphatic carbocycles. The Morgan fingerprint density at radius 1 is 1.47 bits per heavy atom. The van der Waals surface area contributed by atoms with Crippen molar-refractivity contribution in [3.63, 3.8) is 0 Å². The number of hydrogen-bond acceptors (Lipinski definition) is 3. The Morgan fingerprint density at radius 3 is 2.84 bits per heavy atom. The maximum absolute atomic E-state index is 11.6. The zero-order valence-corrected chi connectivity index (χ0v) is 11.7. The highest BCUT2D eigenvalue weighted by atomic mass is 16.3. The minimum Gasteiger partial charge on any atom is -0.394 e. The van der Waals surface area contributed by atoms with Gasteiger partial charge in [-0.3, -0.25) is 4.68 Å². The van der Waals surface area contributed by atoms with Crippen molar-refractivity contribution in [2.45, 2.75) is 39.3 Å². The number of nitrogens with one attached hydrogen (secondary N) is 2. The van der Waals surface area contributed by atoms with Crippen molar-refractivity contribution in [2.24, 2.45) is 5.92 Å². The van der Waals surface area contributed by atoms with Crippen molar-refractivity contribution in [1.82, 2.24) is 20.4 Å².